The second kappa shape index (κ2) is 4.31. The Kier molecular flexibility index (Phi) is 3.09. The van der Waals surface area contributed by atoms with Crippen LogP contribution in [0.1, 0.15) is 65.7 Å². The summed E-state index contributed by atoms with van der Waals surface area (Å²) in [5.74, 6) is 2.40. The van der Waals surface area contributed by atoms with Gasteiger partial charge in [0.2, 0.25) is 0 Å². The summed E-state index contributed by atoms with van der Waals surface area (Å²) in [6.07, 6.45) is 7.13. The lowest BCUT2D eigenvalue weighted by atomic mass is 9.49. The van der Waals surface area contributed by atoms with Gasteiger partial charge in [0, 0.05) is 11.8 Å². The maximum absolute atomic E-state index is 12.4. The van der Waals surface area contributed by atoms with Crippen molar-refractivity contribution in [3.05, 3.63) is 0 Å². The van der Waals surface area contributed by atoms with Crippen LogP contribution in [0.2, 0.25) is 0 Å². The van der Waals surface area contributed by atoms with E-state index in [1.807, 2.05) is 0 Å². The Hall–Kier alpha value is -0.370. The van der Waals surface area contributed by atoms with Crippen LogP contribution >= 0.6 is 0 Å². The molecular weight excluding hydrogens is 236 g/mol. The number of fused-ring (bicyclic) bond motifs is 3. The van der Waals surface area contributed by atoms with Gasteiger partial charge in [0.25, 0.3) is 0 Å². The van der Waals surface area contributed by atoms with Crippen LogP contribution < -0.4 is 0 Å². The van der Waals surface area contributed by atoms with Gasteiger partial charge in [-0.1, -0.05) is 20.8 Å². The topological polar surface area (TPSA) is 37.3 Å². The van der Waals surface area contributed by atoms with Crippen LogP contribution in [0.3, 0.4) is 0 Å². The van der Waals surface area contributed by atoms with Crippen molar-refractivity contribution < 1.29 is 9.90 Å². The van der Waals surface area contributed by atoms with E-state index in [9.17, 15) is 9.90 Å². The summed E-state index contributed by atoms with van der Waals surface area (Å²) in [6.45, 7) is 6.68. The van der Waals surface area contributed by atoms with Gasteiger partial charge in [-0.05, 0) is 61.7 Å². The van der Waals surface area contributed by atoms with Gasteiger partial charge in [0.15, 0.2) is 0 Å². The molecule has 0 amide bonds. The smallest absolute Gasteiger partial charge is 0.139 e. The molecule has 3 aliphatic carbocycles. The molecule has 19 heavy (non-hydrogen) atoms. The van der Waals surface area contributed by atoms with E-state index in [2.05, 4.69) is 20.8 Å². The fourth-order valence-corrected chi connectivity index (χ4v) is 5.70. The summed E-state index contributed by atoms with van der Waals surface area (Å²) in [4.78, 5) is 12.4. The lowest BCUT2D eigenvalue weighted by Gasteiger charge is -2.55. The highest BCUT2D eigenvalue weighted by atomic mass is 16.3. The Balaban J connectivity index is 1.93. The number of aliphatic hydroxyl groups is 1. The average molecular weight is 264 g/mol. The first-order chi connectivity index (χ1) is 8.93. The van der Waals surface area contributed by atoms with Crippen LogP contribution in [0.4, 0.5) is 0 Å². The van der Waals surface area contributed by atoms with Crippen LogP contribution in [-0.4, -0.2) is 17.0 Å². The third kappa shape index (κ3) is 1.68. The maximum atomic E-state index is 12.4. The number of hydrogen-bond donors (Lipinski definition) is 1. The average Bonchev–Trinajstić information content (AvgIpc) is 2.70. The fourth-order valence-electron chi connectivity index (χ4n) is 5.70. The Labute approximate surface area is 117 Å². The van der Waals surface area contributed by atoms with Gasteiger partial charge >= 0.3 is 0 Å². The zero-order valence-electron chi connectivity index (χ0n) is 12.6. The first-order valence-electron chi connectivity index (χ1n) is 8.15. The minimum absolute atomic E-state index is 0.0855. The minimum atomic E-state index is -0.107. The largest absolute Gasteiger partial charge is 0.393 e. The molecule has 0 spiro atoms. The third-order valence-electron chi connectivity index (χ3n) is 7.28. The fraction of sp³-hybridized carbons (Fsp3) is 0.941. The number of Topliss-reactive ketones (excluding diaryl/α,β-unsaturated/α-hetero) is 1. The molecule has 2 nitrogen and oxygen atoms in total. The van der Waals surface area contributed by atoms with Gasteiger partial charge in [0.05, 0.1) is 6.10 Å². The summed E-state index contributed by atoms with van der Waals surface area (Å²) in [5, 5.41) is 10.3. The van der Waals surface area contributed by atoms with Crippen molar-refractivity contribution in [2.45, 2.75) is 71.8 Å². The van der Waals surface area contributed by atoms with E-state index in [-0.39, 0.29) is 16.9 Å². The standard InChI is InChI=1S/C17H28O2/c1-4-16(2)13-9-10-17(3)12(6-8-15(17)19)11(13)5-7-14(16)18/h11-13,15,19H,4-10H2,1-3H3/t11?,12?,13?,15?,16-,17?/m0/s1. The summed E-state index contributed by atoms with van der Waals surface area (Å²) in [7, 11) is 0. The third-order valence-corrected chi connectivity index (χ3v) is 7.28. The Morgan fingerprint density at radius 2 is 1.89 bits per heavy atom. The molecule has 0 aromatic rings. The van der Waals surface area contributed by atoms with Gasteiger partial charge < -0.3 is 5.11 Å². The number of carbonyl (C=O) groups is 1. The summed E-state index contributed by atoms with van der Waals surface area (Å²) in [6, 6.07) is 0. The van der Waals surface area contributed by atoms with E-state index in [1.54, 1.807) is 0 Å². The molecular formula is C17H28O2. The molecule has 108 valence electrons. The number of carbonyl (C=O) groups excluding carboxylic acids is 1. The molecule has 0 radical (unpaired) electrons. The van der Waals surface area contributed by atoms with Crippen molar-refractivity contribution in [1.29, 1.82) is 0 Å². The van der Waals surface area contributed by atoms with Gasteiger partial charge in [0.1, 0.15) is 5.78 Å². The molecule has 0 aromatic heterocycles. The molecule has 0 aromatic carbocycles. The molecule has 0 bridgehead atoms. The molecule has 6 atom stereocenters. The number of ketones is 1. The molecule has 0 aliphatic heterocycles. The van der Waals surface area contributed by atoms with Crippen LogP contribution in [0.5, 0.6) is 0 Å². The number of hydrogen-bond acceptors (Lipinski definition) is 2. The first kappa shape index (κ1) is 13.6. The second-order valence-electron chi connectivity index (χ2n) is 7.75. The van der Waals surface area contributed by atoms with Gasteiger partial charge in [-0.2, -0.15) is 0 Å². The van der Waals surface area contributed by atoms with E-state index in [1.165, 1.54) is 6.42 Å². The molecule has 3 aliphatic rings. The highest BCUT2D eigenvalue weighted by molar-refractivity contribution is 5.85. The van der Waals surface area contributed by atoms with E-state index >= 15 is 0 Å². The normalized spacial score (nSPS) is 53.8. The molecule has 5 unspecified atom stereocenters. The molecule has 3 rings (SSSR count). The lowest BCUT2D eigenvalue weighted by Crippen LogP contribution is -2.52. The molecule has 2 heteroatoms. The van der Waals surface area contributed by atoms with Crippen LogP contribution in [0.15, 0.2) is 0 Å². The second-order valence-corrected chi connectivity index (χ2v) is 7.75. The summed E-state index contributed by atoms with van der Waals surface area (Å²) < 4.78 is 0. The van der Waals surface area contributed by atoms with Gasteiger partial charge in [-0.25, -0.2) is 0 Å². The zero-order chi connectivity index (χ0) is 13.8. The minimum Gasteiger partial charge on any atom is -0.393 e. The molecule has 0 saturated heterocycles. The maximum Gasteiger partial charge on any atom is 0.139 e. The predicted molar refractivity (Wildman–Crippen MR) is 75.7 cm³/mol. The van der Waals surface area contributed by atoms with E-state index in [4.69, 9.17) is 0 Å². The Bertz CT molecular complexity index is 391. The Morgan fingerprint density at radius 1 is 1.16 bits per heavy atom. The monoisotopic (exact) mass is 264 g/mol. The van der Waals surface area contributed by atoms with Crippen LogP contribution in [0.25, 0.3) is 0 Å². The van der Waals surface area contributed by atoms with Crippen molar-refractivity contribution in [1.82, 2.24) is 0 Å². The number of rotatable bonds is 1. The first-order valence-corrected chi connectivity index (χ1v) is 8.15. The highest BCUT2D eigenvalue weighted by Gasteiger charge is 2.58. The van der Waals surface area contributed by atoms with Crippen molar-refractivity contribution in [2.75, 3.05) is 0 Å². The van der Waals surface area contributed by atoms with E-state index in [0.29, 0.717) is 23.5 Å². The van der Waals surface area contributed by atoms with Gasteiger partial charge in [-0.3, -0.25) is 4.79 Å². The highest BCUT2D eigenvalue weighted by Crippen LogP contribution is 2.62. The predicted octanol–water partition coefficient (Wildman–Crippen LogP) is 3.57. The van der Waals surface area contributed by atoms with Crippen molar-refractivity contribution in [2.24, 2.45) is 28.6 Å². The molecule has 3 fully saturated rings. The van der Waals surface area contributed by atoms with Crippen molar-refractivity contribution >= 4 is 5.78 Å². The summed E-state index contributed by atoms with van der Waals surface area (Å²) >= 11 is 0. The summed E-state index contributed by atoms with van der Waals surface area (Å²) in [5.41, 5.74) is 0.0496. The SMILES string of the molecule is CC[C@]1(C)C(=O)CCC2C3CCC(O)C3(C)CCC21. The van der Waals surface area contributed by atoms with Crippen molar-refractivity contribution in [3.63, 3.8) is 0 Å². The zero-order valence-corrected chi connectivity index (χ0v) is 12.6. The van der Waals surface area contributed by atoms with E-state index in [0.717, 1.165) is 38.5 Å². The van der Waals surface area contributed by atoms with Gasteiger partial charge in [-0.15, -0.1) is 0 Å². The molecule has 0 heterocycles. The molecule has 1 N–H and O–H groups in total. The van der Waals surface area contributed by atoms with Crippen LogP contribution in [0, 0.1) is 28.6 Å². The quantitative estimate of drug-likeness (QED) is 0.786. The van der Waals surface area contributed by atoms with E-state index < -0.39 is 0 Å². The lowest BCUT2D eigenvalue weighted by molar-refractivity contribution is -0.146. The molecule has 3 saturated carbocycles. The van der Waals surface area contributed by atoms with Crippen LogP contribution in [-0.2, 0) is 4.79 Å². The van der Waals surface area contributed by atoms with Crippen molar-refractivity contribution in [3.8, 4) is 0 Å². The number of aliphatic hydroxyl groups excluding tert-OH is 1. The Morgan fingerprint density at radius 3 is 2.58 bits per heavy atom.